The van der Waals surface area contributed by atoms with Crippen LogP contribution in [0.3, 0.4) is 0 Å². The number of carbonyl (C=O) groups is 1. The number of nitrogens with one attached hydrogen (secondary N) is 2. The van der Waals surface area contributed by atoms with Gasteiger partial charge in [-0.3, -0.25) is 9.52 Å². The molecule has 2 rings (SSSR count). The van der Waals surface area contributed by atoms with Crippen LogP contribution < -0.4 is 10.0 Å². The summed E-state index contributed by atoms with van der Waals surface area (Å²) in [6.45, 7) is 5.91. The van der Waals surface area contributed by atoms with E-state index in [0.29, 0.717) is 16.3 Å². The molecule has 0 bridgehead atoms. The van der Waals surface area contributed by atoms with Crippen molar-refractivity contribution in [3.63, 3.8) is 0 Å². The molecular formula is C18H21ClN2O3S. The Balaban J connectivity index is 2.21. The fraction of sp³-hybridized carbons (Fsp3) is 0.278. The lowest BCUT2D eigenvalue weighted by atomic mass is 10.1. The number of amides is 1. The van der Waals surface area contributed by atoms with E-state index in [9.17, 15) is 13.2 Å². The lowest BCUT2D eigenvalue weighted by Crippen LogP contribution is -2.36. The molecule has 134 valence electrons. The van der Waals surface area contributed by atoms with Gasteiger partial charge in [-0.25, -0.2) is 8.42 Å². The van der Waals surface area contributed by atoms with Crippen molar-refractivity contribution in [2.24, 2.45) is 5.92 Å². The normalized spacial score (nSPS) is 12.7. The van der Waals surface area contributed by atoms with Crippen molar-refractivity contribution in [1.82, 2.24) is 5.32 Å². The standard InChI is InChI=1S/C18H21ClN2O3S/c1-12(2)13(3)20-18(22)14-5-4-6-17(11-14)25(23,24)21-16-9-7-15(19)8-10-16/h4-13,21H,1-3H3,(H,20,22). The topological polar surface area (TPSA) is 75.3 Å². The second-order valence-electron chi connectivity index (χ2n) is 6.15. The third kappa shape index (κ3) is 5.21. The molecule has 0 saturated carbocycles. The first-order chi connectivity index (χ1) is 11.7. The van der Waals surface area contributed by atoms with Gasteiger partial charge < -0.3 is 5.32 Å². The third-order valence-corrected chi connectivity index (χ3v) is 5.49. The van der Waals surface area contributed by atoms with Gasteiger partial charge in [-0.15, -0.1) is 0 Å². The van der Waals surface area contributed by atoms with E-state index in [-0.39, 0.29) is 22.8 Å². The molecule has 0 spiro atoms. The van der Waals surface area contributed by atoms with Crippen LogP contribution in [0.5, 0.6) is 0 Å². The van der Waals surface area contributed by atoms with Crippen molar-refractivity contribution >= 4 is 33.2 Å². The van der Waals surface area contributed by atoms with E-state index in [2.05, 4.69) is 10.0 Å². The maximum Gasteiger partial charge on any atom is 0.261 e. The quantitative estimate of drug-likeness (QED) is 0.797. The zero-order valence-electron chi connectivity index (χ0n) is 14.3. The molecule has 2 aromatic rings. The SMILES string of the molecule is CC(C)C(C)NC(=O)c1cccc(S(=O)(=O)Nc2ccc(Cl)cc2)c1. The van der Waals surface area contributed by atoms with Crippen LogP contribution in [0.15, 0.2) is 53.4 Å². The number of sulfonamides is 1. The van der Waals surface area contributed by atoms with Crippen LogP contribution in [0.4, 0.5) is 5.69 Å². The Morgan fingerprint density at radius 3 is 2.28 bits per heavy atom. The number of anilines is 1. The van der Waals surface area contributed by atoms with Crippen molar-refractivity contribution < 1.29 is 13.2 Å². The molecule has 0 heterocycles. The summed E-state index contributed by atoms with van der Waals surface area (Å²) in [4.78, 5) is 12.3. The predicted octanol–water partition coefficient (Wildman–Crippen LogP) is 3.92. The molecule has 1 unspecified atom stereocenters. The van der Waals surface area contributed by atoms with Crippen LogP contribution >= 0.6 is 11.6 Å². The van der Waals surface area contributed by atoms with Crippen LogP contribution in [0.25, 0.3) is 0 Å². The molecule has 1 amide bonds. The van der Waals surface area contributed by atoms with Crippen molar-refractivity contribution in [2.75, 3.05) is 4.72 Å². The second-order valence-corrected chi connectivity index (χ2v) is 8.27. The Bertz CT molecular complexity index is 849. The van der Waals surface area contributed by atoms with Gasteiger partial charge in [0.1, 0.15) is 0 Å². The number of hydrogen-bond donors (Lipinski definition) is 2. The summed E-state index contributed by atoms with van der Waals surface area (Å²) in [5.74, 6) is -0.0211. The van der Waals surface area contributed by atoms with Gasteiger partial charge in [0.15, 0.2) is 0 Å². The fourth-order valence-electron chi connectivity index (χ4n) is 1.99. The van der Waals surface area contributed by atoms with Crippen molar-refractivity contribution in [3.05, 3.63) is 59.1 Å². The minimum absolute atomic E-state index is 0.0139. The second kappa shape index (κ2) is 7.89. The van der Waals surface area contributed by atoms with Crippen molar-refractivity contribution in [1.29, 1.82) is 0 Å². The largest absolute Gasteiger partial charge is 0.349 e. The Morgan fingerprint density at radius 1 is 1.04 bits per heavy atom. The molecule has 0 aliphatic heterocycles. The lowest BCUT2D eigenvalue weighted by molar-refractivity contribution is 0.0930. The van der Waals surface area contributed by atoms with Crippen LogP contribution in [0.2, 0.25) is 5.02 Å². The van der Waals surface area contributed by atoms with E-state index in [1.807, 2.05) is 20.8 Å². The molecule has 7 heteroatoms. The summed E-state index contributed by atoms with van der Waals surface area (Å²) >= 11 is 5.80. The average molecular weight is 381 g/mol. The number of rotatable bonds is 6. The Hall–Kier alpha value is -2.05. The van der Waals surface area contributed by atoms with Gasteiger partial charge in [0.05, 0.1) is 4.90 Å². The van der Waals surface area contributed by atoms with Gasteiger partial charge in [-0.2, -0.15) is 0 Å². The maximum atomic E-state index is 12.5. The fourth-order valence-corrected chi connectivity index (χ4v) is 3.22. The zero-order valence-corrected chi connectivity index (χ0v) is 15.9. The Kier molecular flexibility index (Phi) is 6.08. The first-order valence-electron chi connectivity index (χ1n) is 7.88. The first-order valence-corrected chi connectivity index (χ1v) is 9.74. The molecule has 1 atom stereocenters. The van der Waals surface area contributed by atoms with Crippen LogP contribution in [0.1, 0.15) is 31.1 Å². The van der Waals surface area contributed by atoms with E-state index < -0.39 is 10.0 Å². The number of halogens is 1. The smallest absolute Gasteiger partial charge is 0.261 e. The van der Waals surface area contributed by atoms with E-state index >= 15 is 0 Å². The van der Waals surface area contributed by atoms with Crippen LogP contribution in [-0.2, 0) is 10.0 Å². The van der Waals surface area contributed by atoms with Crippen molar-refractivity contribution in [2.45, 2.75) is 31.7 Å². The highest BCUT2D eigenvalue weighted by Crippen LogP contribution is 2.19. The van der Waals surface area contributed by atoms with Gasteiger partial charge in [0.25, 0.3) is 15.9 Å². The van der Waals surface area contributed by atoms with Gasteiger partial charge in [-0.1, -0.05) is 31.5 Å². The molecule has 0 radical (unpaired) electrons. The van der Waals surface area contributed by atoms with Gasteiger partial charge in [-0.05, 0) is 55.3 Å². The van der Waals surface area contributed by atoms with Gasteiger partial charge in [0, 0.05) is 22.3 Å². The number of benzene rings is 2. The van der Waals surface area contributed by atoms with Crippen molar-refractivity contribution in [3.8, 4) is 0 Å². The number of carbonyl (C=O) groups excluding carboxylic acids is 1. The average Bonchev–Trinajstić information content (AvgIpc) is 2.56. The van der Waals surface area contributed by atoms with E-state index in [1.54, 1.807) is 36.4 Å². The van der Waals surface area contributed by atoms with E-state index in [0.717, 1.165) is 0 Å². The molecule has 0 aromatic heterocycles. The summed E-state index contributed by atoms with van der Waals surface area (Å²) < 4.78 is 27.5. The minimum atomic E-state index is -3.80. The zero-order chi connectivity index (χ0) is 18.6. The molecule has 2 aromatic carbocycles. The molecule has 25 heavy (non-hydrogen) atoms. The highest BCUT2D eigenvalue weighted by Gasteiger charge is 2.18. The monoisotopic (exact) mass is 380 g/mol. The summed E-state index contributed by atoms with van der Waals surface area (Å²) in [5, 5.41) is 3.38. The predicted molar refractivity (Wildman–Crippen MR) is 100 cm³/mol. The molecule has 2 N–H and O–H groups in total. The lowest BCUT2D eigenvalue weighted by Gasteiger charge is -2.17. The Morgan fingerprint density at radius 2 is 1.68 bits per heavy atom. The summed E-state index contributed by atoms with van der Waals surface area (Å²) in [5.41, 5.74) is 0.694. The molecule has 5 nitrogen and oxygen atoms in total. The van der Waals surface area contributed by atoms with Crippen LogP contribution in [-0.4, -0.2) is 20.4 Å². The van der Waals surface area contributed by atoms with Gasteiger partial charge >= 0.3 is 0 Å². The van der Waals surface area contributed by atoms with E-state index in [4.69, 9.17) is 11.6 Å². The highest BCUT2D eigenvalue weighted by molar-refractivity contribution is 7.92. The minimum Gasteiger partial charge on any atom is -0.349 e. The third-order valence-electron chi connectivity index (χ3n) is 3.86. The summed E-state index contributed by atoms with van der Waals surface area (Å²) in [6, 6.07) is 12.3. The molecule has 0 saturated heterocycles. The highest BCUT2D eigenvalue weighted by atomic mass is 35.5. The Labute approximate surface area is 153 Å². The van der Waals surface area contributed by atoms with Gasteiger partial charge in [0.2, 0.25) is 0 Å². The summed E-state index contributed by atoms with van der Waals surface area (Å²) in [7, 11) is -3.80. The van der Waals surface area contributed by atoms with E-state index in [1.165, 1.54) is 12.1 Å². The maximum absolute atomic E-state index is 12.5. The molecular weight excluding hydrogens is 360 g/mol. The summed E-state index contributed by atoms with van der Waals surface area (Å²) in [6.07, 6.45) is 0. The first kappa shape index (κ1) is 19.3. The number of hydrogen-bond acceptors (Lipinski definition) is 3. The molecule has 0 fully saturated rings. The molecule has 0 aliphatic carbocycles. The molecule has 0 aliphatic rings. The van der Waals surface area contributed by atoms with Crippen LogP contribution in [0, 0.1) is 5.92 Å².